The van der Waals surface area contributed by atoms with E-state index in [1.807, 2.05) is 0 Å². The van der Waals surface area contributed by atoms with Gasteiger partial charge in [0, 0.05) is 11.0 Å². The van der Waals surface area contributed by atoms with Crippen molar-refractivity contribution in [3.63, 3.8) is 0 Å². The summed E-state index contributed by atoms with van der Waals surface area (Å²) in [7, 11) is 0. The van der Waals surface area contributed by atoms with Gasteiger partial charge in [-0.1, -0.05) is 6.92 Å². The summed E-state index contributed by atoms with van der Waals surface area (Å²) in [6.07, 6.45) is -3.88. The van der Waals surface area contributed by atoms with Crippen molar-refractivity contribution in [1.29, 1.82) is 0 Å². The van der Waals surface area contributed by atoms with Crippen LogP contribution in [0.3, 0.4) is 0 Å². The molecule has 0 aromatic carbocycles. The maximum absolute atomic E-state index is 12.3. The number of carbonyl (C=O) groups is 1. The van der Waals surface area contributed by atoms with E-state index in [1.165, 1.54) is 0 Å². The van der Waals surface area contributed by atoms with E-state index in [0.29, 0.717) is 15.8 Å². The molecule has 0 atom stereocenters. The molecule has 0 bridgehead atoms. The fourth-order valence-corrected chi connectivity index (χ4v) is 2.84. The number of halogens is 4. The second-order valence-electron chi connectivity index (χ2n) is 3.44. The van der Waals surface area contributed by atoms with Crippen LogP contribution in [0, 0.1) is 0 Å². The van der Waals surface area contributed by atoms with Crippen LogP contribution in [0.4, 0.5) is 13.2 Å². The summed E-state index contributed by atoms with van der Waals surface area (Å²) in [4.78, 5) is 13.0. The number of rotatable bonds is 4. The normalized spacial score (nSPS) is 11.6. The van der Waals surface area contributed by atoms with Crippen LogP contribution in [0.25, 0.3) is 0 Å². The standard InChI is InChI=1S/C10H11BrF3NOS/c1-2-4-15(6-10(12,13)14)9(16)8-7(11)3-5-17-8/h3,5H,2,4,6H2,1H3. The summed E-state index contributed by atoms with van der Waals surface area (Å²) in [6.45, 7) is 0.632. The molecule has 0 aliphatic carbocycles. The third kappa shape index (κ3) is 4.31. The summed E-state index contributed by atoms with van der Waals surface area (Å²) in [5.41, 5.74) is 0. The number of hydrogen-bond acceptors (Lipinski definition) is 2. The molecule has 2 nitrogen and oxygen atoms in total. The molecule has 0 N–H and O–H groups in total. The van der Waals surface area contributed by atoms with E-state index in [-0.39, 0.29) is 6.54 Å². The highest BCUT2D eigenvalue weighted by Crippen LogP contribution is 2.26. The minimum absolute atomic E-state index is 0.0999. The molecule has 0 unspecified atom stereocenters. The molecule has 0 fully saturated rings. The molecule has 0 saturated carbocycles. The molecule has 0 aliphatic rings. The Bertz CT molecular complexity index is 391. The van der Waals surface area contributed by atoms with Crippen LogP contribution in [-0.2, 0) is 0 Å². The van der Waals surface area contributed by atoms with Gasteiger partial charge in [-0.2, -0.15) is 13.2 Å². The van der Waals surface area contributed by atoms with Gasteiger partial charge in [0.2, 0.25) is 0 Å². The molecule has 17 heavy (non-hydrogen) atoms. The average Bonchev–Trinajstić information content (AvgIpc) is 2.61. The Labute approximate surface area is 110 Å². The lowest BCUT2D eigenvalue weighted by molar-refractivity contribution is -0.140. The molecule has 0 saturated heterocycles. The summed E-state index contributed by atoms with van der Waals surface area (Å²) in [6, 6.07) is 1.65. The highest BCUT2D eigenvalue weighted by molar-refractivity contribution is 9.10. The number of carbonyl (C=O) groups excluding carboxylic acids is 1. The molecule has 1 amide bonds. The van der Waals surface area contributed by atoms with Crippen molar-refractivity contribution in [2.75, 3.05) is 13.1 Å². The largest absolute Gasteiger partial charge is 0.406 e. The Hall–Kier alpha value is -0.560. The lowest BCUT2D eigenvalue weighted by Gasteiger charge is -2.23. The van der Waals surface area contributed by atoms with Gasteiger partial charge in [-0.25, -0.2) is 0 Å². The average molecular weight is 330 g/mol. The van der Waals surface area contributed by atoms with Crippen molar-refractivity contribution in [2.45, 2.75) is 19.5 Å². The first-order valence-corrected chi connectivity index (χ1v) is 6.61. The van der Waals surface area contributed by atoms with Gasteiger partial charge in [0.15, 0.2) is 0 Å². The first-order chi connectivity index (χ1) is 7.85. The molecule has 1 aromatic rings. The fourth-order valence-electron chi connectivity index (χ4n) is 1.33. The van der Waals surface area contributed by atoms with Gasteiger partial charge >= 0.3 is 6.18 Å². The van der Waals surface area contributed by atoms with Crippen LogP contribution in [0.1, 0.15) is 23.0 Å². The molecule has 1 heterocycles. The Balaban J connectivity index is 2.84. The molecule has 0 aliphatic heterocycles. The quantitative estimate of drug-likeness (QED) is 0.819. The number of amides is 1. The highest BCUT2D eigenvalue weighted by atomic mass is 79.9. The van der Waals surface area contributed by atoms with E-state index >= 15 is 0 Å². The van der Waals surface area contributed by atoms with Crippen LogP contribution in [0.15, 0.2) is 15.9 Å². The van der Waals surface area contributed by atoms with Crippen molar-refractivity contribution in [3.8, 4) is 0 Å². The molecule has 0 spiro atoms. The smallest absolute Gasteiger partial charge is 0.329 e. The van der Waals surface area contributed by atoms with E-state index in [1.54, 1.807) is 18.4 Å². The molecule has 7 heteroatoms. The minimum atomic E-state index is -4.37. The van der Waals surface area contributed by atoms with Crippen molar-refractivity contribution < 1.29 is 18.0 Å². The Morgan fingerprint density at radius 1 is 1.53 bits per heavy atom. The van der Waals surface area contributed by atoms with Crippen LogP contribution in [-0.4, -0.2) is 30.1 Å². The molecular formula is C10H11BrF3NOS. The lowest BCUT2D eigenvalue weighted by Crippen LogP contribution is -2.39. The van der Waals surface area contributed by atoms with Crippen molar-refractivity contribution in [2.24, 2.45) is 0 Å². The van der Waals surface area contributed by atoms with E-state index in [4.69, 9.17) is 0 Å². The second kappa shape index (κ2) is 5.86. The summed E-state index contributed by atoms with van der Waals surface area (Å²) in [5.74, 6) is -0.578. The van der Waals surface area contributed by atoms with Crippen molar-refractivity contribution >= 4 is 33.2 Å². The SMILES string of the molecule is CCCN(CC(F)(F)F)C(=O)c1sccc1Br. The Morgan fingerprint density at radius 3 is 2.59 bits per heavy atom. The first-order valence-electron chi connectivity index (χ1n) is 4.94. The van der Waals surface area contributed by atoms with E-state index in [0.717, 1.165) is 16.2 Å². The van der Waals surface area contributed by atoms with E-state index in [2.05, 4.69) is 15.9 Å². The third-order valence-electron chi connectivity index (χ3n) is 1.96. The zero-order valence-corrected chi connectivity index (χ0v) is 11.5. The highest BCUT2D eigenvalue weighted by Gasteiger charge is 2.33. The maximum atomic E-state index is 12.3. The van der Waals surface area contributed by atoms with Crippen LogP contribution >= 0.6 is 27.3 Å². The molecular weight excluding hydrogens is 319 g/mol. The third-order valence-corrected chi connectivity index (χ3v) is 3.79. The monoisotopic (exact) mass is 329 g/mol. The lowest BCUT2D eigenvalue weighted by atomic mass is 10.3. The number of hydrogen-bond donors (Lipinski definition) is 0. The van der Waals surface area contributed by atoms with Gasteiger partial charge in [-0.05, 0) is 33.8 Å². The topological polar surface area (TPSA) is 20.3 Å². The number of alkyl halides is 3. The van der Waals surface area contributed by atoms with Gasteiger partial charge in [0.1, 0.15) is 11.4 Å². The van der Waals surface area contributed by atoms with E-state index < -0.39 is 18.6 Å². The van der Waals surface area contributed by atoms with Crippen LogP contribution < -0.4 is 0 Å². The molecule has 1 rings (SSSR count). The van der Waals surface area contributed by atoms with Crippen LogP contribution in [0.5, 0.6) is 0 Å². The number of thiophene rings is 1. The van der Waals surface area contributed by atoms with Crippen molar-refractivity contribution in [3.05, 3.63) is 20.8 Å². The summed E-state index contributed by atoms with van der Waals surface area (Å²) in [5, 5.41) is 1.66. The fraction of sp³-hybridized carbons (Fsp3) is 0.500. The van der Waals surface area contributed by atoms with Gasteiger partial charge in [0.05, 0.1) is 0 Å². The predicted molar refractivity (Wildman–Crippen MR) is 64.3 cm³/mol. The Morgan fingerprint density at radius 2 is 2.18 bits per heavy atom. The second-order valence-corrected chi connectivity index (χ2v) is 5.21. The maximum Gasteiger partial charge on any atom is 0.406 e. The zero-order valence-electron chi connectivity index (χ0n) is 9.05. The molecule has 96 valence electrons. The van der Waals surface area contributed by atoms with Gasteiger partial charge < -0.3 is 4.90 Å². The summed E-state index contributed by atoms with van der Waals surface area (Å²) >= 11 is 4.28. The van der Waals surface area contributed by atoms with Gasteiger partial charge in [-0.3, -0.25) is 4.79 Å². The summed E-state index contributed by atoms with van der Waals surface area (Å²) < 4.78 is 37.5. The first kappa shape index (κ1) is 14.5. The Kier molecular flexibility index (Phi) is 5.00. The molecule has 1 aromatic heterocycles. The van der Waals surface area contributed by atoms with Crippen molar-refractivity contribution in [1.82, 2.24) is 4.90 Å². The molecule has 0 radical (unpaired) electrons. The van der Waals surface area contributed by atoms with Gasteiger partial charge in [0.25, 0.3) is 5.91 Å². The minimum Gasteiger partial charge on any atom is -0.329 e. The zero-order chi connectivity index (χ0) is 13.1. The van der Waals surface area contributed by atoms with Crippen LogP contribution in [0.2, 0.25) is 0 Å². The number of nitrogens with zero attached hydrogens (tertiary/aromatic N) is 1. The van der Waals surface area contributed by atoms with E-state index in [9.17, 15) is 18.0 Å². The van der Waals surface area contributed by atoms with Gasteiger partial charge in [-0.15, -0.1) is 11.3 Å². The predicted octanol–water partition coefficient (Wildman–Crippen LogP) is 3.93.